The number of fused-ring (bicyclic) bond motifs is 2. The second-order valence-electron chi connectivity index (χ2n) is 4.70. The zero-order chi connectivity index (χ0) is 10.3. The van der Waals surface area contributed by atoms with Gasteiger partial charge in [-0.25, -0.2) is 0 Å². The molecule has 2 bridgehead atoms. The van der Waals surface area contributed by atoms with E-state index in [1.165, 1.54) is 24.8 Å². The minimum Gasteiger partial charge on any atom is -0.353 e. The van der Waals surface area contributed by atoms with Crippen molar-refractivity contribution in [2.24, 2.45) is 17.8 Å². The molecule has 14 heavy (non-hydrogen) atoms. The van der Waals surface area contributed by atoms with Gasteiger partial charge in [0.05, 0.1) is 0 Å². The lowest BCUT2D eigenvalue weighted by atomic mass is 9.84. The summed E-state index contributed by atoms with van der Waals surface area (Å²) in [6.07, 6.45) is 3.67. The first kappa shape index (κ1) is 10.2. The quantitative estimate of drug-likeness (QED) is 0.510. The molecule has 2 saturated carbocycles. The van der Waals surface area contributed by atoms with E-state index < -0.39 is 0 Å². The van der Waals surface area contributed by atoms with Gasteiger partial charge in [-0.1, -0.05) is 12.2 Å². The molecule has 0 aliphatic heterocycles. The second-order valence-corrected chi connectivity index (χ2v) is 4.70. The maximum atomic E-state index is 5.65. The fourth-order valence-electron chi connectivity index (χ4n) is 3.58. The van der Waals surface area contributed by atoms with Gasteiger partial charge in [0.2, 0.25) is 0 Å². The minimum atomic E-state index is -0.302. The molecule has 2 fully saturated rings. The Morgan fingerprint density at radius 1 is 1.29 bits per heavy atom. The van der Waals surface area contributed by atoms with Gasteiger partial charge in [0, 0.05) is 26.1 Å². The maximum Gasteiger partial charge on any atom is 0.173 e. The standard InChI is InChI=1S/C12H20O2/c1-8(2)10-7-9-5-6-11(10)12(9,13-3)14-4/h9-11H,1,5-7H2,2-4H3/t9-,10-,11+/m0/s1. The zero-order valence-corrected chi connectivity index (χ0v) is 9.38. The minimum absolute atomic E-state index is 0.302. The molecule has 0 aromatic carbocycles. The largest absolute Gasteiger partial charge is 0.353 e. The Balaban J connectivity index is 2.27. The van der Waals surface area contributed by atoms with E-state index in [0.29, 0.717) is 17.8 Å². The highest BCUT2D eigenvalue weighted by molar-refractivity contribution is 5.13. The van der Waals surface area contributed by atoms with Crippen LogP contribution in [-0.2, 0) is 9.47 Å². The van der Waals surface area contributed by atoms with Crippen molar-refractivity contribution in [1.29, 1.82) is 0 Å². The Hall–Kier alpha value is -0.340. The Kier molecular flexibility index (Phi) is 2.44. The molecular formula is C12H20O2. The van der Waals surface area contributed by atoms with Crippen molar-refractivity contribution < 1.29 is 9.47 Å². The Bertz CT molecular complexity index is 243. The van der Waals surface area contributed by atoms with Crippen LogP contribution in [0.25, 0.3) is 0 Å². The molecule has 0 N–H and O–H groups in total. The van der Waals surface area contributed by atoms with E-state index in [0.717, 1.165) is 0 Å². The number of allylic oxidation sites excluding steroid dienone is 1. The van der Waals surface area contributed by atoms with Gasteiger partial charge in [-0.15, -0.1) is 0 Å². The van der Waals surface area contributed by atoms with E-state index in [-0.39, 0.29) is 5.79 Å². The van der Waals surface area contributed by atoms with Crippen LogP contribution in [0.2, 0.25) is 0 Å². The molecule has 2 aliphatic rings. The number of methoxy groups -OCH3 is 2. The Labute approximate surface area is 86.3 Å². The van der Waals surface area contributed by atoms with Gasteiger partial charge in [0.25, 0.3) is 0 Å². The molecule has 3 atom stereocenters. The van der Waals surface area contributed by atoms with Gasteiger partial charge in [0.1, 0.15) is 0 Å². The highest BCUT2D eigenvalue weighted by atomic mass is 16.7. The van der Waals surface area contributed by atoms with Crippen LogP contribution in [0.15, 0.2) is 12.2 Å². The molecule has 2 nitrogen and oxygen atoms in total. The molecule has 0 spiro atoms. The van der Waals surface area contributed by atoms with Crippen molar-refractivity contribution in [1.82, 2.24) is 0 Å². The summed E-state index contributed by atoms with van der Waals surface area (Å²) < 4.78 is 11.3. The van der Waals surface area contributed by atoms with Crippen molar-refractivity contribution in [3.63, 3.8) is 0 Å². The average Bonchev–Trinajstić information content (AvgIpc) is 2.69. The topological polar surface area (TPSA) is 18.5 Å². The molecule has 0 aromatic rings. The first-order valence-electron chi connectivity index (χ1n) is 5.41. The first-order valence-corrected chi connectivity index (χ1v) is 5.41. The first-order chi connectivity index (χ1) is 6.65. The molecule has 2 heteroatoms. The van der Waals surface area contributed by atoms with Crippen molar-refractivity contribution in [2.75, 3.05) is 14.2 Å². The number of hydrogen-bond donors (Lipinski definition) is 0. The van der Waals surface area contributed by atoms with Gasteiger partial charge < -0.3 is 9.47 Å². The van der Waals surface area contributed by atoms with Crippen LogP contribution >= 0.6 is 0 Å². The molecule has 2 aliphatic carbocycles. The molecule has 0 heterocycles. The van der Waals surface area contributed by atoms with E-state index in [1.807, 2.05) is 0 Å². The van der Waals surface area contributed by atoms with Crippen molar-refractivity contribution in [3.8, 4) is 0 Å². The third-order valence-electron chi connectivity index (χ3n) is 4.21. The van der Waals surface area contributed by atoms with E-state index in [4.69, 9.17) is 9.47 Å². The maximum absolute atomic E-state index is 5.65. The highest BCUT2D eigenvalue weighted by Crippen LogP contribution is 2.58. The highest BCUT2D eigenvalue weighted by Gasteiger charge is 2.60. The average molecular weight is 196 g/mol. The van der Waals surface area contributed by atoms with Gasteiger partial charge in [0.15, 0.2) is 5.79 Å². The van der Waals surface area contributed by atoms with Crippen LogP contribution in [0.5, 0.6) is 0 Å². The molecule has 2 rings (SSSR count). The smallest absolute Gasteiger partial charge is 0.173 e. The number of hydrogen-bond acceptors (Lipinski definition) is 2. The number of ether oxygens (including phenoxy) is 2. The van der Waals surface area contributed by atoms with E-state index >= 15 is 0 Å². The lowest BCUT2D eigenvalue weighted by molar-refractivity contribution is -0.236. The monoisotopic (exact) mass is 196 g/mol. The van der Waals surface area contributed by atoms with Crippen molar-refractivity contribution >= 4 is 0 Å². The van der Waals surface area contributed by atoms with Crippen molar-refractivity contribution in [2.45, 2.75) is 32.0 Å². The van der Waals surface area contributed by atoms with Crippen LogP contribution in [0, 0.1) is 17.8 Å². The van der Waals surface area contributed by atoms with Gasteiger partial charge in [-0.05, 0) is 32.1 Å². The normalized spacial score (nSPS) is 38.9. The fraction of sp³-hybridized carbons (Fsp3) is 0.833. The summed E-state index contributed by atoms with van der Waals surface area (Å²) in [5, 5.41) is 0. The van der Waals surface area contributed by atoms with E-state index in [1.54, 1.807) is 14.2 Å². The van der Waals surface area contributed by atoms with Crippen molar-refractivity contribution in [3.05, 3.63) is 12.2 Å². The Morgan fingerprint density at radius 2 is 1.93 bits per heavy atom. The van der Waals surface area contributed by atoms with Crippen LogP contribution in [0.1, 0.15) is 26.2 Å². The van der Waals surface area contributed by atoms with E-state index in [2.05, 4.69) is 13.5 Å². The molecule has 0 unspecified atom stereocenters. The van der Waals surface area contributed by atoms with Gasteiger partial charge in [-0.3, -0.25) is 0 Å². The van der Waals surface area contributed by atoms with Crippen LogP contribution in [0.4, 0.5) is 0 Å². The lowest BCUT2D eigenvalue weighted by Gasteiger charge is -2.32. The predicted octanol–water partition coefficient (Wildman–Crippen LogP) is 2.60. The van der Waals surface area contributed by atoms with Gasteiger partial charge in [-0.2, -0.15) is 0 Å². The number of rotatable bonds is 3. The van der Waals surface area contributed by atoms with E-state index in [9.17, 15) is 0 Å². The zero-order valence-electron chi connectivity index (χ0n) is 9.38. The summed E-state index contributed by atoms with van der Waals surface area (Å²) in [7, 11) is 3.55. The molecule has 0 saturated heterocycles. The lowest BCUT2D eigenvalue weighted by Crippen LogP contribution is -2.39. The summed E-state index contributed by atoms with van der Waals surface area (Å²) in [6, 6.07) is 0. The summed E-state index contributed by atoms with van der Waals surface area (Å²) in [6.45, 7) is 6.21. The molecule has 0 radical (unpaired) electrons. The summed E-state index contributed by atoms with van der Waals surface area (Å²) >= 11 is 0. The second kappa shape index (κ2) is 3.35. The van der Waals surface area contributed by atoms with Crippen LogP contribution in [0.3, 0.4) is 0 Å². The third-order valence-corrected chi connectivity index (χ3v) is 4.21. The Morgan fingerprint density at radius 3 is 2.29 bits per heavy atom. The fourth-order valence-corrected chi connectivity index (χ4v) is 3.58. The van der Waals surface area contributed by atoms with Gasteiger partial charge >= 0.3 is 0 Å². The summed E-state index contributed by atoms with van der Waals surface area (Å²) in [5.41, 5.74) is 1.29. The van der Waals surface area contributed by atoms with Crippen LogP contribution < -0.4 is 0 Å². The SMILES string of the molecule is C=C(C)[C@@H]1C[C@@H]2CC[C@H]1C2(OC)OC. The summed E-state index contributed by atoms with van der Waals surface area (Å²) in [4.78, 5) is 0. The predicted molar refractivity (Wildman–Crippen MR) is 55.9 cm³/mol. The molecule has 0 amide bonds. The third kappa shape index (κ3) is 1.10. The molecular weight excluding hydrogens is 176 g/mol. The summed E-state index contributed by atoms with van der Waals surface area (Å²) in [5.74, 6) is 1.40. The molecule has 80 valence electrons. The van der Waals surface area contributed by atoms with Crippen LogP contribution in [-0.4, -0.2) is 20.0 Å². The molecule has 0 aromatic heterocycles.